The third-order valence-corrected chi connectivity index (χ3v) is 5.58. The summed E-state index contributed by atoms with van der Waals surface area (Å²) in [5.41, 5.74) is 1.56. The first-order chi connectivity index (χ1) is 11.4. The van der Waals surface area contributed by atoms with Gasteiger partial charge in [0, 0.05) is 18.9 Å². The number of fused-ring (bicyclic) bond motifs is 1. The topological polar surface area (TPSA) is 52.6 Å². The number of ether oxygens (including phenoxy) is 2. The van der Waals surface area contributed by atoms with Gasteiger partial charge in [0.15, 0.2) is 0 Å². The minimum absolute atomic E-state index is 0.0391. The van der Waals surface area contributed by atoms with Crippen molar-refractivity contribution in [1.82, 2.24) is 0 Å². The van der Waals surface area contributed by atoms with Crippen LogP contribution >= 0.6 is 0 Å². The largest absolute Gasteiger partial charge is 0.463 e. The molecule has 0 aromatic heterocycles. The molecule has 1 fully saturated rings. The average molecular weight is 334 g/mol. The normalized spacial score (nSPS) is 30.6. The fraction of sp³-hybridized carbons (Fsp3) is 0.700. The molecule has 4 nitrogen and oxygen atoms in total. The molecule has 0 N–H and O–H groups in total. The molecule has 2 rings (SSSR count). The van der Waals surface area contributed by atoms with E-state index in [0.717, 1.165) is 32.1 Å². The lowest BCUT2D eigenvalue weighted by atomic mass is 9.63. The van der Waals surface area contributed by atoms with Crippen molar-refractivity contribution in [3.8, 4) is 0 Å². The molecule has 24 heavy (non-hydrogen) atoms. The summed E-state index contributed by atoms with van der Waals surface area (Å²) < 4.78 is 10.5. The molecular weight excluding hydrogens is 304 g/mol. The summed E-state index contributed by atoms with van der Waals surface area (Å²) in [6, 6.07) is 0. The molecule has 1 saturated carbocycles. The van der Waals surface area contributed by atoms with Gasteiger partial charge in [-0.2, -0.15) is 0 Å². The number of hydrogen-bond donors (Lipinski definition) is 0. The van der Waals surface area contributed by atoms with Crippen LogP contribution in [0, 0.1) is 17.3 Å². The highest BCUT2D eigenvalue weighted by molar-refractivity contribution is 5.81. The van der Waals surface area contributed by atoms with Crippen LogP contribution in [-0.2, 0) is 19.1 Å². The van der Waals surface area contributed by atoms with Gasteiger partial charge >= 0.3 is 11.9 Å². The van der Waals surface area contributed by atoms with Gasteiger partial charge in [-0.25, -0.2) is 4.79 Å². The van der Waals surface area contributed by atoms with Crippen molar-refractivity contribution in [3.63, 3.8) is 0 Å². The van der Waals surface area contributed by atoms with E-state index in [1.54, 1.807) is 6.92 Å². The van der Waals surface area contributed by atoms with Crippen molar-refractivity contribution in [2.45, 2.75) is 65.9 Å². The molecule has 4 heteroatoms. The van der Waals surface area contributed by atoms with E-state index in [1.807, 2.05) is 6.08 Å². The van der Waals surface area contributed by atoms with Gasteiger partial charge in [0.2, 0.25) is 0 Å². The Balaban J connectivity index is 2.01. The lowest BCUT2D eigenvalue weighted by Gasteiger charge is -2.44. The van der Waals surface area contributed by atoms with Crippen molar-refractivity contribution in [2.75, 3.05) is 6.61 Å². The van der Waals surface area contributed by atoms with Crippen molar-refractivity contribution in [2.24, 2.45) is 17.3 Å². The molecule has 2 aliphatic rings. The summed E-state index contributed by atoms with van der Waals surface area (Å²) >= 11 is 0. The van der Waals surface area contributed by atoms with E-state index >= 15 is 0 Å². The Bertz CT molecular complexity index is 534. The first-order valence-corrected chi connectivity index (χ1v) is 9.09. The lowest BCUT2D eigenvalue weighted by Crippen LogP contribution is -2.41. The molecule has 0 bridgehead atoms. The summed E-state index contributed by atoms with van der Waals surface area (Å²) in [6.07, 6.45) is 10.8. The summed E-state index contributed by atoms with van der Waals surface area (Å²) in [6.45, 7) is 8.24. The molecule has 2 aliphatic carbocycles. The predicted molar refractivity (Wildman–Crippen MR) is 93.3 cm³/mol. The Hall–Kier alpha value is -1.58. The standard InChI is InChI=1S/C20H30O4/c1-5-23-19(22)10-6-8-14(2)16-11-12-17-18(24-15(3)21)9-7-13-20(16,17)4/h6,10-11,14,17-18H,5,7-9,12-13H2,1-4H3. The van der Waals surface area contributed by atoms with Crippen molar-refractivity contribution < 1.29 is 19.1 Å². The number of hydrogen-bond acceptors (Lipinski definition) is 4. The Morgan fingerprint density at radius 2 is 2.21 bits per heavy atom. The minimum Gasteiger partial charge on any atom is -0.463 e. The van der Waals surface area contributed by atoms with Crippen LogP contribution in [0.2, 0.25) is 0 Å². The van der Waals surface area contributed by atoms with Crippen LogP contribution in [0.15, 0.2) is 23.8 Å². The van der Waals surface area contributed by atoms with Gasteiger partial charge < -0.3 is 9.47 Å². The fourth-order valence-electron chi connectivity index (χ4n) is 4.53. The molecule has 0 aliphatic heterocycles. The quantitative estimate of drug-likeness (QED) is 0.415. The maximum absolute atomic E-state index is 11.4. The highest BCUT2D eigenvalue weighted by atomic mass is 16.5. The van der Waals surface area contributed by atoms with Gasteiger partial charge in [-0.05, 0) is 50.4 Å². The zero-order chi connectivity index (χ0) is 17.7. The van der Waals surface area contributed by atoms with E-state index in [1.165, 1.54) is 18.6 Å². The van der Waals surface area contributed by atoms with Gasteiger partial charge in [0.1, 0.15) is 6.10 Å². The Labute approximate surface area is 145 Å². The number of carbonyl (C=O) groups is 2. The van der Waals surface area contributed by atoms with Crippen LogP contribution in [0.3, 0.4) is 0 Å². The first kappa shape index (κ1) is 18.8. The van der Waals surface area contributed by atoms with Crippen molar-refractivity contribution >= 4 is 11.9 Å². The van der Waals surface area contributed by atoms with Crippen LogP contribution in [0.5, 0.6) is 0 Å². The fourth-order valence-corrected chi connectivity index (χ4v) is 4.53. The number of esters is 2. The summed E-state index contributed by atoms with van der Waals surface area (Å²) in [4.78, 5) is 22.8. The van der Waals surface area contributed by atoms with Crippen molar-refractivity contribution in [1.29, 1.82) is 0 Å². The Morgan fingerprint density at radius 3 is 2.88 bits per heavy atom. The number of allylic oxidation sites excluding steroid dienone is 3. The molecule has 0 heterocycles. The lowest BCUT2D eigenvalue weighted by molar-refractivity contribution is -0.153. The summed E-state index contributed by atoms with van der Waals surface area (Å²) in [5.74, 6) is 0.313. The second kappa shape index (κ2) is 8.00. The van der Waals surface area contributed by atoms with Crippen LogP contribution in [0.25, 0.3) is 0 Å². The molecule has 134 valence electrons. The van der Waals surface area contributed by atoms with E-state index in [-0.39, 0.29) is 23.5 Å². The summed E-state index contributed by atoms with van der Waals surface area (Å²) in [7, 11) is 0. The Morgan fingerprint density at radius 1 is 1.46 bits per heavy atom. The monoisotopic (exact) mass is 334 g/mol. The van der Waals surface area contributed by atoms with Crippen molar-refractivity contribution in [3.05, 3.63) is 23.8 Å². The molecular formula is C20H30O4. The van der Waals surface area contributed by atoms with E-state index < -0.39 is 0 Å². The van der Waals surface area contributed by atoms with Crippen LogP contribution in [-0.4, -0.2) is 24.6 Å². The van der Waals surface area contributed by atoms with E-state index in [0.29, 0.717) is 18.4 Å². The van der Waals surface area contributed by atoms with E-state index in [4.69, 9.17) is 9.47 Å². The van der Waals surface area contributed by atoms with Crippen LogP contribution in [0.4, 0.5) is 0 Å². The highest BCUT2D eigenvalue weighted by Gasteiger charge is 2.49. The van der Waals surface area contributed by atoms with Gasteiger partial charge in [-0.15, -0.1) is 0 Å². The molecule has 0 saturated heterocycles. The van der Waals surface area contributed by atoms with E-state index in [2.05, 4.69) is 19.9 Å². The Kier molecular flexibility index (Phi) is 6.25. The number of rotatable bonds is 6. The van der Waals surface area contributed by atoms with Crippen LogP contribution < -0.4 is 0 Å². The molecule has 4 atom stereocenters. The maximum atomic E-state index is 11.4. The zero-order valence-corrected chi connectivity index (χ0v) is 15.3. The average Bonchev–Trinajstić information content (AvgIpc) is 2.85. The zero-order valence-electron chi connectivity index (χ0n) is 15.3. The number of carbonyl (C=O) groups excluding carboxylic acids is 2. The molecule has 0 spiro atoms. The third-order valence-electron chi connectivity index (χ3n) is 5.58. The minimum atomic E-state index is -0.276. The smallest absolute Gasteiger partial charge is 0.330 e. The van der Waals surface area contributed by atoms with E-state index in [9.17, 15) is 9.59 Å². The first-order valence-electron chi connectivity index (χ1n) is 9.09. The maximum Gasteiger partial charge on any atom is 0.330 e. The second-order valence-corrected chi connectivity index (χ2v) is 7.25. The van der Waals surface area contributed by atoms with Gasteiger partial charge in [-0.3, -0.25) is 4.79 Å². The summed E-state index contributed by atoms with van der Waals surface area (Å²) in [5, 5.41) is 0. The van der Waals surface area contributed by atoms with Gasteiger partial charge in [0.05, 0.1) is 6.61 Å². The van der Waals surface area contributed by atoms with Gasteiger partial charge in [-0.1, -0.05) is 31.6 Å². The SMILES string of the molecule is CCOC(=O)C=CCC(C)C1=CCC2C(OC(C)=O)CCCC12C. The van der Waals surface area contributed by atoms with Crippen LogP contribution in [0.1, 0.15) is 59.8 Å². The highest BCUT2D eigenvalue weighted by Crippen LogP contribution is 2.55. The second-order valence-electron chi connectivity index (χ2n) is 7.25. The predicted octanol–water partition coefficient (Wildman–Crippen LogP) is 4.20. The third kappa shape index (κ3) is 4.08. The molecule has 0 amide bonds. The molecule has 0 aromatic carbocycles. The molecule has 4 unspecified atom stereocenters. The molecule has 0 aromatic rings. The van der Waals surface area contributed by atoms with Gasteiger partial charge in [0.25, 0.3) is 0 Å². The molecule has 0 radical (unpaired) electrons.